The van der Waals surface area contributed by atoms with Crippen LogP contribution in [0.5, 0.6) is 0 Å². The van der Waals surface area contributed by atoms with Crippen molar-refractivity contribution in [3.8, 4) is 0 Å². The van der Waals surface area contributed by atoms with Crippen molar-refractivity contribution in [1.82, 2.24) is 0 Å². The number of carbonyl (C=O) groups excluding carboxylic acids is 2. The van der Waals surface area contributed by atoms with Crippen molar-refractivity contribution < 1.29 is 128 Å². The minimum atomic E-state index is -2.12. The maximum Gasteiger partial charge on any atom is 0.335 e. The second-order valence-corrected chi connectivity index (χ2v) is 28.8. The Morgan fingerprint density at radius 3 is 1.72 bits per heavy atom. The molecule has 0 aromatic heterocycles. The number of carbonyl (C=O) groups is 3. The van der Waals surface area contributed by atoms with Gasteiger partial charge < -0.3 is 114 Å². The van der Waals surface area contributed by atoms with E-state index < -0.39 is 217 Å². The van der Waals surface area contributed by atoms with Gasteiger partial charge in [0.2, 0.25) is 0 Å². The Balaban J connectivity index is 0.986. The Bertz CT molecular complexity index is 2660. The third-order valence-corrected chi connectivity index (χ3v) is 23.3. The van der Waals surface area contributed by atoms with E-state index in [9.17, 15) is 80.8 Å². The molecule has 9 rings (SSSR count). The van der Waals surface area contributed by atoms with E-state index in [0.29, 0.717) is 38.5 Å². The van der Waals surface area contributed by atoms with E-state index in [1.54, 1.807) is 33.8 Å². The van der Waals surface area contributed by atoms with Gasteiger partial charge in [-0.1, -0.05) is 72.3 Å². The Kier molecular flexibility index (Phi) is 20.4. The van der Waals surface area contributed by atoms with Gasteiger partial charge in [0.1, 0.15) is 67.1 Å². The summed E-state index contributed by atoms with van der Waals surface area (Å²) in [5.41, 5.74) is -3.33. The lowest BCUT2D eigenvalue weighted by Crippen LogP contribution is -2.72. The fourth-order valence-electron chi connectivity index (χ4n) is 17.6. The molecule has 30 atom stereocenters. The summed E-state index contributed by atoms with van der Waals surface area (Å²) in [5, 5.41) is 146. The lowest BCUT2D eigenvalue weighted by atomic mass is 9.33. The number of fused-ring (bicyclic) bond motifs is 7. The first-order chi connectivity index (χ1) is 41.6. The van der Waals surface area contributed by atoms with Crippen LogP contribution < -0.4 is 0 Å². The van der Waals surface area contributed by atoms with Crippen LogP contribution in [0.4, 0.5) is 0 Å². The van der Waals surface area contributed by atoms with Crippen molar-refractivity contribution in [2.24, 2.45) is 50.2 Å². The van der Waals surface area contributed by atoms with Gasteiger partial charge in [0.15, 0.2) is 43.5 Å². The monoisotopic (exact) mass is 1270 g/mol. The first-order valence-electron chi connectivity index (χ1n) is 31.4. The quantitative estimate of drug-likeness (QED) is 0.0423. The number of carboxylic acids is 1. The van der Waals surface area contributed by atoms with Crippen molar-refractivity contribution >= 4 is 17.9 Å². The van der Waals surface area contributed by atoms with Crippen molar-refractivity contribution in [2.75, 3.05) is 19.8 Å². The average Bonchev–Trinajstić information content (AvgIpc) is 0.921. The molecule has 4 heterocycles. The molecule has 9 aliphatic rings. The third kappa shape index (κ3) is 11.6. The molecule has 10 unspecified atom stereocenters. The summed E-state index contributed by atoms with van der Waals surface area (Å²) in [6, 6.07) is 0. The van der Waals surface area contributed by atoms with Crippen LogP contribution in [0.15, 0.2) is 34.9 Å². The van der Waals surface area contributed by atoms with Crippen LogP contribution in [0.3, 0.4) is 0 Å². The van der Waals surface area contributed by atoms with Crippen molar-refractivity contribution in [3.05, 3.63) is 34.9 Å². The summed E-state index contributed by atoms with van der Waals surface area (Å²) >= 11 is 0. The largest absolute Gasteiger partial charge is 0.479 e. The van der Waals surface area contributed by atoms with E-state index in [4.69, 9.17) is 47.4 Å². The number of aliphatic hydroxyl groups excluding tert-OH is 12. The predicted octanol–water partition coefficient (Wildman–Crippen LogP) is 0.144. The van der Waals surface area contributed by atoms with E-state index in [1.165, 1.54) is 13.0 Å². The predicted molar refractivity (Wildman–Crippen MR) is 307 cm³/mol. The SMILES string of the molecule is CC=C(C)C(=O)O[C@@H]1C(O)[C@H](O[C@H]2[C@H](O)[C@@]3(CO)C(CC2(C)C)C2=CCC4[C@@]5(C)CC[C@H](O[C@@H]6OC(C(=O)O)[C@@H](O)[C@@H](O[C@@H]7O[C@@H](CO)[C@@H](O)C7O)C6O[C@@H]6OC(CO)[C@H](O)[C@@H](O)C6O)C(C)(C)C5CC[C@@]4(C)[C@]2(C)C[C@H]3O)OC(C)[C@@H]1OC(=O)C(C)=CC. The van der Waals surface area contributed by atoms with E-state index >= 15 is 0 Å². The lowest BCUT2D eigenvalue weighted by Gasteiger charge is -2.72. The zero-order chi connectivity index (χ0) is 65.7. The van der Waals surface area contributed by atoms with Crippen molar-refractivity contribution in [2.45, 2.75) is 269 Å². The average molecular weight is 1270 g/mol. The number of esters is 2. The number of ether oxygens (including phenoxy) is 10. The van der Waals surface area contributed by atoms with Crippen LogP contribution in [0.25, 0.3) is 0 Å². The van der Waals surface area contributed by atoms with Crippen LogP contribution in [0, 0.1) is 50.2 Å². The smallest absolute Gasteiger partial charge is 0.335 e. The van der Waals surface area contributed by atoms with E-state index in [0.717, 1.165) is 5.57 Å². The highest BCUT2D eigenvalue weighted by molar-refractivity contribution is 5.88. The van der Waals surface area contributed by atoms with Gasteiger partial charge in [-0.2, -0.15) is 0 Å². The zero-order valence-electron chi connectivity index (χ0n) is 52.9. The van der Waals surface area contributed by atoms with Gasteiger partial charge in [0.25, 0.3) is 0 Å². The highest BCUT2D eigenvalue weighted by Gasteiger charge is 2.73. The molecular formula is C63H98O26. The van der Waals surface area contributed by atoms with E-state index in [-0.39, 0.29) is 29.4 Å². The first-order valence-corrected chi connectivity index (χ1v) is 31.4. The van der Waals surface area contributed by atoms with Gasteiger partial charge in [0.05, 0.1) is 55.8 Å². The molecule has 8 fully saturated rings. The summed E-state index contributed by atoms with van der Waals surface area (Å²) < 4.78 is 61.1. The molecule has 5 aliphatic carbocycles. The number of allylic oxidation sites excluding steroid dienone is 4. The van der Waals surface area contributed by atoms with Crippen LogP contribution in [0.2, 0.25) is 0 Å². The first kappa shape index (κ1) is 70.2. The van der Waals surface area contributed by atoms with Gasteiger partial charge in [0, 0.05) is 11.1 Å². The van der Waals surface area contributed by atoms with Gasteiger partial charge in [-0.25, -0.2) is 14.4 Å². The number of hydrogen-bond acceptors (Lipinski definition) is 25. The molecule has 89 heavy (non-hydrogen) atoms. The van der Waals surface area contributed by atoms with Gasteiger partial charge >= 0.3 is 17.9 Å². The summed E-state index contributed by atoms with van der Waals surface area (Å²) in [7, 11) is 0. The molecule has 506 valence electrons. The Labute approximate surface area is 518 Å². The fourth-order valence-corrected chi connectivity index (χ4v) is 17.6. The molecule has 13 N–H and O–H groups in total. The van der Waals surface area contributed by atoms with Gasteiger partial charge in [-0.05, 0) is 124 Å². The van der Waals surface area contributed by atoms with Crippen LogP contribution >= 0.6 is 0 Å². The summed E-state index contributed by atoms with van der Waals surface area (Å²) in [5.74, 6) is -3.81. The Morgan fingerprint density at radius 1 is 0.607 bits per heavy atom. The molecule has 4 aliphatic heterocycles. The topological polar surface area (TPSA) is 407 Å². The lowest BCUT2D eigenvalue weighted by molar-refractivity contribution is -0.386. The highest BCUT2D eigenvalue weighted by Crippen LogP contribution is 2.76. The molecule has 0 spiro atoms. The molecule has 0 aromatic rings. The molecular weight excluding hydrogens is 1170 g/mol. The molecule has 26 heteroatoms. The molecule has 4 saturated heterocycles. The second kappa shape index (κ2) is 25.9. The van der Waals surface area contributed by atoms with E-state index in [2.05, 4.69) is 26.8 Å². The number of aliphatic hydroxyl groups is 12. The zero-order valence-corrected chi connectivity index (χ0v) is 52.9. The minimum absolute atomic E-state index is 0.0156. The van der Waals surface area contributed by atoms with Gasteiger partial charge in [-0.3, -0.25) is 0 Å². The van der Waals surface area contributed by atoms with Crippen LogP contribution in [-0.4, -0.2) is 245 Å². The molecule has 4 saturated carbocycles. The Hall–Kier alpha value is -3.17. The summed E-state index contributed by atoms with van der Waals surface area (Å²) in [4.78, 5) is 39.3. The second-order valence-electron chi connectivity index (χ2n) is 28.8. The minimum Gasteiger partial charge on any atom is -0.479 e. The number of carboxylic acid groups (broad SMARTS) is 1. The maximum absolute atomic E-state index is 13.3. The normalized spacial score (nSPS) is 49.7. The number of rotatable bonds is 16. The summed E-state index contributed by atoms with van der Waals surface area (Å²) in [6.45, 7) is 20.4. The van der Waals surface area contributed by atoms with Crippen molar-refractivity contribution in [3.63, 3.8) is 0 Å². The molecule has 0 aromatic carbocycles. The molecule has 0 radical (unpaired) electrons. The Morgan fingerprint density at radius 2 is 1.16 bits per heavy atom. The van der Waals surface area contributed by atoms with Crippen molar-refractivity contribution in [1.29, 1.82) is 0 Å². The summed E-state index contributed by atoms with van der Waals surface area (Å²) in [6.07, 6.45) is -28.5. The molecule has 0 amide bonds. The van der Waals surface area contributed by atoms with E-state index in [1.807, 2.05) is 27.7 Å². The molecule has 0 bridgehead atoms. The van der Waals surface area contributed by atoms with Crippen LogP contribution in [-0.2, 0) is 61.8 Å². The maximum atomic E-state index is 13.3. The third-order valence-electron chi connectivity index (χ3n) is 23.3. The number of aliphatic carboxylic acids is 1. The fraction of sp³-hybridized carbons (Fsp3) is 0.857. The van der Waals surface area contributed by atoms with Crippen LogP contribution in [0.1, 0.15) is 128 Å². The molecule has 26 nitrogen and oxygen atoms in total. The number of hydrogen-bond donors (Lipinski definition) is 13. The highest BCUT2D eigenvalue weighted by atomic mass is 16.8. The van der Waals surface area contributed by atoms with Gasteiger partial charge in [-0.15, -0.1) is 0 Å². The standard InChI is InChI=1S/C63H98O26/c1-13-26(3)52(78)84-44-28(5)80-56(43(74)46(44)85-53(79)27(4)14-2)89-50-49(75)63(25-66)30(21-58(50,6)7)29-15-16-34-60(10)19-18-36(59(8,9)33(60)17-20-61(34,11)62(29,12)22-35(63)67)83-57-48(88-55-41(72)39(70)37(68)31(23-64)81-55)45(42(73)47(87-57)51(76)77)86-54-40(71)38(69)32(24-65)82-54/h13-15,28,30-50,54-57,64-75H,16-25H2,1-12H3,(H,76,77)/t28?,30?,31?,32-,33?,34?,35+,36-,37-,38+,39+,40?,41?,42-,43?,44-,45+,46+,47?,48?,49-,50-,54-,55-,56-,57+,60-,61+,62+,63-/m0/s1.